The maximum Gasteiger partial charge on any atom is 0.224 e. The molecule has 2 aromatic rings. The maximum absolute atomic E-state index is 13.5. The monoisotopic (exact) mass is 550 g/mol. The van der Waals surface area contributed by atoms with Crippen LogP contribution in [0.5, 0.6) is 5.75 Å². The summed E-state index contributed by atoms with van der Waals surface area (Å²) in [6, 6.07) is 3.50. The number of ketones is 1. The van der Waals surface area contributed by atoms with E-state index in [0.29, 0.717) is 30.1 Å². The number of imidazole rings is 1. The molecule has 1 aromatic heterocycles. The number of carbonyl (C=O) groups is 2. The number of hydrogen-bond donors (Lipinski definition) is 3. The highest BCUT2D eigenvalue weighted by atomic mass is 16.5. The van der Waals surface area contributed by atoms with Crippen molar-refractivity contribution in [1.29, 1.82) is 0 Å². The molecule has 0 bridgehead atoms. The molecule has 4 rings (SSSR count). The molecule has 218 valence electrons. The number of rotatable bonds is 14. The summed E-state index contributed by atoms with van der Waals surface area (Å²) in [6.07, 6.45) is 11.4. The summed E-state index contributed by atoms with van der Waals surface area (Å²) in [6.45, 7) is 7.35. The second-order valence-electron chi connectivity index (χ2n) is 11.4. The Morgan fingerprint density at radius 2 is 2.05 bits per heavy atom. The average molecular weight is 551 g/mol. The van der Waals surface area contributed by atoms with Crippen LogP contribution in [0.2, 0.25) is 0 Å². The van der Waals surface area contributed by atoms with Crippen molar-refractivity contribution in [3.63, 3.8) is 0 Å². The van der Waals surface area contributed by atoms with Gasteiger partial charge in [-0.2, -0.15) is 0 Å². The predicted octanol–water partition coefficient (Wildman–Crippen LogP) is 4.93. The van der Waals surface area contributed by atoms with Gasteiger partial charge in [-0.05, 0) is 63.2 Å². The Morgan fingerprint density at radius 1 is 1.27 bits per heavy atom. The van der Waals surface area contributed by atoms with E-state index in [1.54, 1.807) is 32.6 Å². The number of aromatic amines is 1. The zero-order valence-corrected chi connectivity index (χ0v) is 24.6. The van der Waals surface area contributed by atoms with Crippen molar-refractivity contribution in [2.24, 2.45) is 16.3 Å². The fraction of sp³-hybridized carbons (Fsp3) is 0.613. The Kier molecular flexibility index (Phi) is 10.0. The number of nitrogen functional groups attached to an aromatic ring is 1. The highest BCUT2D eigenvalue weighted by molar-refractivity contribution is 5.91. The SMILES string of the molecule is CCC(=O)CCCCC[C@H](NC(=O)[C@H]1CC12CCN(CC)CC2)c1ncc(-c2cc(C=NC)c(N)cc2OC)[nH]1. The summed E-state index contributed by atoms with van der Waals surface area (Å²) in [5, 5.41) is 3.35. The summed E-state index contributed by atoms with van der Waals surface area (Å²) in [4.78, 5) is 40.0. The van der Waals surface area contributed by atoms with E-state index in [2.05, 4.69) is 27.1 Å². The first-order valence-corrected chi connectivity index (χ1v) is 14.8. The third-order valence-electron chi connectivity index (χ3n) is 8.85. The summed E-state index contributed by atoms with van der Waals surface area (Å²) in [5.74, 6) is 1.89. The Balaban J connectivity index is 1.49. The van der Waals surface area contributed by atoms with Crippen molar-refractivity contribution in [3.8, 4) is 17.0 Å². The minimum absolute atomic E-state index is 0.0821. The fourth-order valence-corrected chi connectivity index (χ4v) is 6.05. The third kappa shape index (κ3) is 6.92. The number of ether oxygens (including phenoxy) is 1. The molecule has 0 radical (unpaired) electrons. The van der Waals surface area contributed by atoms with E-state index in [0.717, 1.165) is 87.2 Å². The molecule has 9 nitrogen and oxygen atoms in total. The van der Waals surface area contributed by atoms with Crippen molar-refractivity contribution < 1.29 is 14.3 Å². The number of nitrogens with two attached hydrogens (primary N) is 1. The Hall–Kier alpha value is -3.20. The topological polar surface area (TPSA) is 126 Å². The smallest absolute Gasteiger partial charge is 0.224 e. The van der Waals surface area contributed by atoms with E-state index in [1.165, 1.54) is 0 Å². The molecule has 1 saturated heterocycles. The first-order chi connectivity index (χ1) is 19.3. The number of aromatic nitrogens is 2. The lowest BCUT2D eigenvalue weighted by molar-refractivity contribution is -0.124. The first-order valence-electron chi connectivity index (χ1n) is 14.8. The molecule has 4 N–H and O–H groups in total. The molecule has 1 saturated carbocycles. The number of nitrogens with one attached hydrogen (secondary N) is 2. The molecule has 2 heterocycles. The molecule has 2 aliphatic rings. The molecular formula is C31H46N6O3. The van der Waals surface area contributed by atoms with Crippen molar-refractivity contribution in [2.45, 2.75) is 77.7 Å². The van der Waals surface area contributed by atoms with E-state index in [9.17, 15) is 9.59 Å². The average Bonchev–Trinajstić information content (AvgIpc) is 3.43. The molecule has 1 aliphatic heterocycles. The van der Waals surface area contributed by atoms with Gasteiger partial charge in [0.2, 0.25) is 5.91 Å². The van der Waals surface area contributed by atoms with Crippen LogP contribution >= 0.6 is 0 Å². The third-order valence-corrected chi connectivity index (χ3v) is 8.85. The fourth-order valence-electron chi connectivity index (χ4n) is 6.05. The molecule has 1 spiro atoms. The number of amides is 1. The molecule has 2 atom stereocenters. The van der Waals surface area contributed by atoms with Crippen LogP contribution in [-0.2, 0) is 9.59 Å². The van der Waals surface area contributed by atoms with Gasteiger partial charge >= 0.3 is 0 Å². The van der Waals surface area contributed by atoms with Gasteiger partial charge in [-0.25, -0.2) is 4.98 Å². The molecule has 2 fully saturated rings. The molecule has 1 aromatic carbocycles. The number of carbonyl (C=O) groups excluding carboxylic acids is 2. The summed E-state index contributed by atoms with van der Waals surface area (Å²) < 4.78 is 5.61. The lowest BCUT2D eigenvalue weighted by atomic mass is 9.90. The zero-order chi connectivity index (χ0) is 28.7. The van der Waals surface area contributed by atoms with Gasteiger partial charge in [0, 0.05) is 54.9 Å². The number of Topliss-reactive ketones (excluding diaryl/α,β-unsaturated/α-hetero) is 1. The largest absolute Gasteiger partial charge is 0.496 e. The van der Waals surface area contributed by atoms with Crippen molar-refractivity contribution in [3.05, 3.63) is 29.7 Å². The summed E-state index contributed by atoms with van der Waals surface area (Å²) in [7, 11) is 3.33. The number of anilines is 1. The van der Waals surface area contributed by atoms with E-state index >= 15 is 0 Å². The minimum atomic E-state index is -0.229. The van der Waals surface area contributed by atoms with E-state index < -0.39 is 0 Å². The van der Waals surface area contributed by atoms with Crippen LogP contribution in [0.25, 0.3) is 11.3 Å². The normalized spacial score (nSPS) is 19.1. The van der Waals surface area contributed by atoms with E-state index in [4.69, 9.17) is 15.5 Å². The van der Waals surface area contributed by atoms with Gasteiger partial charge in [0.05, 0.1) is 25.0 Å². The number of unbranched alkanes of at least 4 members (excludes halogenated alkanes) is 2. The van der Waals surface area contributed by atoms with Crippen molar-refractivity contribution >= 4 is 23.6 Å². The van der Waals surface area contributed by atoms with Gasteiger partial charge in [-0.15, -0.1) is 0 Å². The van der Waals surface area contributed by atoms with Crippen molar-refractivity contribution in [2.75, 3.05) is 39.5 Å². The van der Waals surface area contributed by atoms with Crippen LogP contribution in [0.4, 0.5) is 5.69 Å². The highest BCUT2D eigenvalue weighted by Crippen LogP contribution is 2.59. The number of likely N-dealkylation sites (tertiary alicyclic amines) is 1. The zero-order valence-electron chi connectivity index (χ0n) is 24.6. The number of hydrogen-bond acceptors (Lipinski definition) is 7. The lowest BCUT2D eigenvalue weighted by Gasteiger charge is -2.32. The number of piperidine rings is 1. The standard InChI is InChI=1S/C31H46N6O3/c1-5-22(38)10-8-7-9-11-26(36-30(39)24-18-31(24)12-14-37(6-2)15-13-31)29-34-20-27(35-29)23-16-21(19-33-3)25(32)17-28(23)40-4/h16-17,19-20,24,26H,5-15,18,32H2,1-4H3,(H,34,35)(H,36,39)/t24-,26+/m1/s1. The molecule has 9 heteroatoms. The number of methoxy groups -OCH3 is 1. The number of nitrogens with zero attached hydrogens (tertiary/aromatic N) is 3. The summed E-state index contributed by atoms with van der Waals surface area (Å²) >= 11 is 0. The predicted molar refractivity (Wildman–Crippen MR) is 160 cm³/mol. The van der Waals surface area contributed by atoms with Crippen molar-refractivity contribution in [1.82, 2.24) is 20.2 Å². The second kappa shape index (κ2) is 13.4. The summed E-state index contributed by atoms with van der Waals surface area (Å²) in [5.41, 5.74) is 9.36. The van der Waals surface area contributed by atoms with Gasteiger partial charge in [0.25, 0.3) is 0 Å². The molecule has 1 aliphatic carbocycles. The minimum Gasteiger partial charge on any atom is -0.496 e. The van der Waals surface area contributed by atoms with E-state index in [-0.39, 0.29) is 23.3 Å². The molecule has 40 heavy (non-hydrogen) atoms. The number of H-pyrrole nitrogens is 1. The Bertz CT molecular complexity index is 1200. The van der Waals surface area contributed by atoms with Gasteiger partial charge in [0.1, 0.15) is 17.4 Å². The van der Waals surface area contributed by atoms with Gasteiger partial charge in [-0.3, -0.25) is 14.6 Å². The van der Waals surface area contributed by atoms with Crippen LogP contribution in [0, 0.1) is 11.3 Å². The highest BCUT2D eigenvalue weighted by Gasteiger charge is 2.58. The van der Waals surface area contributed by atoms with Crippen LogP contribution in [-0.4, -0.2) is 66.6 Å². The second-order valence-corrected chi connectivity index (χ2v) is 11.4. The van der Waals surface area contributed by atoms with Crippen LogP contribution in [0.1, 0.15) is 89.1 Å². The number of aliphatic imine (C=N–C) groups is 1. The molecule has 1 amide bonds. The molecular weight excluding hydrogens is 504 g/mol. The van der Waals surface area contributed by atoms with Gasteiger partial charge in [-0.1, -0.05) is 26.7 Å². The van der Waals surface area contributed by atoms with E-state index in [1.807, 2.05) is 13.0 Å². The number of benzene rings is 1. The van der Waals surface area contributed by atoms with Crippen LogP contribution in [0.15, 0.2) is 23.3 Å². The maximum atomic E-state index is 13.5. The Morgan fingerprint density at radius 3 is 2.73 bits per heavy atom. The lowest BCUT2D eigenvalue weighted by Crippen LogP contribution is -2.37. The Labute approximate surface area is 238 Å². The first kappa shape index (κ1) is 29.8. The quantitative estimate of drug-likeness (QED) is 0.174. The van der Waals surface area contributed by atoms with Gasteiger partial charge < -0.3 is 25.7 Å². The van der Waals surface area contributed by atoms with Gasteiger partial charge in [0.15, 0.2) is 0 Å². The molecule has 0 unspecified atom stereocenters. The van der Waals surface area contributed by atoms with Crippen LogP contribution in [0.3, 0.4) is 0 Å². The van der Waals surface area contributed by atoms with Crippen LogP contribution < -0.4 is 15.8 Å².